The molecule has 2 heterocycles. The standard InChI is InChI=1S/C22H16ClNO5/c1-11-19(12(10-25)6-7-24-11)21-16(27)8-15(26)20-17(28)9-18(29-22(20)21)13-4-2-3-5-14(13)23/h2-9,25-27H,10H2,1H3. The van der Waals surface area contributed by atoms with Gasteiger partial charge in [0.1, 0.15) is 22.6 Å². The van der Waals surface area contributed by atoms with Crippen LogP contribution < -0.4 is 5.43 Å². The molecule has 2 aromatic heterocycles. The van der Waals surface area contributed by atoms with Crippen LogP contribution in [0.1, 0.15) is 11.3 Å². The summed E-state index contributed by atoms with van der Waals surface area (Å²) in [5.41, 5.74) is 1.58. The van der Waals surface area contributed by atoms with E-state index in [1.54, 1.807) is 37.3 Å². The van der Waals surface area contributed by atoms with Crippen molar-refractivity contribution in [3.8, 4) is 33.9 Å². The number of hydrogen-bond donors (Lipinski definition) is 3. The maximum absolute atomic E-state index is 12.8. The average molecular weight is 410 g/mol. The van der Waals surface area contributed by atoms with Crippen LogP contribution in [0, 0.1) is 6.92 Å². The molecule has 0 saturated heterocycles. The number of pyridine rings is 1. The van der Waals surface area contributed by atoms with Crippen molar-refractivity contribution in [2.24, 2.45) is 0 Å². The minimum absolute atomic E-state index is 0.0179. The van der Waals surface area contributed by atoms with Crippen LogP contribution in [-0.4, -0.2) is 20.3 Å². The molecular weight excluding hydrogens is 394 g/mol. The Morgan fingerprint density at radius 1 is 1.07 bits per heavy atom. The van der Waals surface area contributed by atoms with Crippen LogP contribution in [0.15, 0.2) is 57.9 Å². The number of rotatable bonds is 3. The summed E-state index contributed by atoms with van der Waals surface area (Å²) in [5.74, 6) is -0.528. The van der Waals surface area contributed by atoms with E-state index in [2.05, 4.69) is 4.98 Å². The van der Waals surface area contributed by atoms with E-state index in [9.17, 15) is 20.1 Å². The number of phenols is 2. The van der Waals surface area contributed by atoms with Crippen LogP contribution in [-0.2, 0) is 6.61 Å². The second-order valence-electron chi connectivity index (χ2n) is 6.54. The highest BCUT2D eigenvalue weighted by molar-refractivity contribution is 6.33. The van der Waals surface area contributed by atoms with Gasteiger partial charge >= 0.3 is 0 Å². The summed E-state index contributed by atoms with van der Waals surface area (Å²) in [4.78, 5) is 17.1. The van der Waals surface area contributed by atoms with Gasteiger partial charge in [-0.15, -0.1) is 0 Å². The number of aromatic hydroxyl groups is 2. The van der Waals surface area contributed by atoms with Crippen LogP contribution in [0.5, 0.6) is 11.5 Å². The van der Waals surface area contributed by atoms with Gasteiger partial charge in [0.2, 0.25) is 0 Å². The lowest BCUT2D eigenvalue weighted by Gasteiger charge is -2.15. The van der Waals surface area contributed by atoms with Crippen molar-refractivity contribution < 1.29 is 19.7 Å². The molecule has 0 atom stereocenters. The molecular formula is C22H16ClNO5. The minimum Gasteiger partial charge on any atom is -0.507 e. The molecule has 0 aliphatic carbocycles. The van der Waals surface area contributed by atoms with Gasteiger partial charge in [-0.1, -0.05) is 23.7 Å². The molecule has 0 radical (unpaired) electrons. The molecule has 146 valence electrons. The molecule has 2 aromatic carbocycles. The van der Waals surface area contributed by atoms with Gasteiger partial charge in [-0.25, -0.2) is 0 Å². The molecule has 0 unspecified atom stereocenters. The van der Waals surface area contributed by atoms with E-state index in [0.29, 0.717) is 27.4 Å². The van der Waals surface area contributed by atoms with Crippen molar-refractivity contribution in [2.75, 3.05) is 0 Å². The van der Waals surface area contributed by atoms with Crippen LogP contribution in [0.4, 0.5) is 0 Å². The number of benzene rings is 2. The van der Waals surface area contributed by atoms with Crippen molar-refractivity contribution in [3.05, 3.63) is 75.2 Å². The monoisotopic (exact) mass is 409 g/mol. The first-order chi connectivity index (χ1) is 13.9. The highest BCUT2D eigenvalue weighted by Gasteiger charge is 2.23. The Morgan fingerprint density at radius 3 is 2.55 bits per heavy atom. The number of aliphatic hydroxyl groups is 1. The summed E-state index contributed by atoms with van der Waals surface area (Å²) < 4.78 is 6.00. The SMILES string of the molecule is Cc1nccc(CO)c1-c1c(O)cc(O)c2c(=O)cc(-c3ccccc3Cl)oc12. The number of aliphatic hydroxyl groups excluding tert-OH is 1. The number of aryl methyl sites for hydroxylation is 1. The van der Waals surface area contributed by atoms with Crippen molar-refractivity contribution in [1.82, 2.24) is 4.98 Å². The highest BCUT2D eigenvalue weighted by Crippen LogP contribution is 2.43. The molecule has 3 N–H and O–H groups in total. The summed E-state index contributed by atoms with van der Waals surface area (Å²) in [6, 6.07) is 10.8. The Balaban J connectivity index is 2.17. The number of hydrogen-bond acceptors (Lipinski definition) is 6. The smallest absolute Gasteiger partial charge is 0.197 e. The Kier molecular flexibility index (Phi) is 4.74. The normalized spacial score (nSPS) is 11.1. The second-order valence-corrected chi connectivity index (χ2v) is 6.94. The molecule has 0 bridgehead atoms. The summed E-state index contributed by atoms with van der Waals surface area (Å²) >= 11 is 6.25. The lowest BCUT2D eigenvalue weighted by molar-refractivity contribution is 0.282. The van der Waals surface area contributed by atoms with Crippen LogP contribution in [0.25, 0.3) is 33.4 Å². The Hall–Kier alpha value is -3.35. The fraction of sp³-hybridized carbons (Fsp3) is 0.0909. The molecule has 0 amide bonds. The highest BCUT2D eigenvalue weighted by atomic mass is 35.5. The molecule has 4 rings (SSSR count). The molecule has 0 aliphatic heterocycles. The molecule has 29 heavy (non-hydrogen) atoms. The molecule has 4 aromatic rings. The van der Waals surface area contributed by atoms with Gasteiger partial charge in [0.25, 0.3) is 0 Å². The molecule has 0 fully saturated rings. The Morgan fingerprint density at radius 2 is 1.83 bits per heavy atom. The quantitative estimate of drug-likeness (QED) is 0.463. The third-order valence-corrected chi connectivity index (χ3v) is 5.08. The zero-order valence-electron chi connectivity index (χ0n) is 15.3. The number of fused-ring (bicyclic) bond motifs is 1. The Bertz CT molecular complexity index is 1310. The molecule has 7 heteroatoms. The van der Waals surface area contributed by atoms with Gasteiger partial charge in [-0.3, -0.25) is 9.78 Å². The van der Waals surface area contributed by atoms with Crippen molar-refractivity contribution in [1.29, 1.82) is 0 Å². The largest absolute Gasteiger partial charge is 0.507 e. The lowest BCUT2D eigenvalue weighted by atomic mass is 9.95. The van der Waals surface area contributed by atoms with E-state index >= 15 is 0 Å². The maximum Gasteiger partial charge on any atom is 0.197 e. The maximum atomic E-state index is 12.8. The van der Waals surface area contributed by atoms with E-state index in [1.807, 2.05) is 0 Å². The molecule has 0 saturated carbocycles. The van der Waals surface area contributed by atoms with Crippen molar-refractivity contribution in [2.45, 2.75) is 13.5 Å². The molecule has 0 spiro atoms. The van der Waals surface area contributed by atoms with Gasteiger partial charge < -0.3 is 19.7 Å². The lowest BCUT2D eigenvalue weighted by Crippen LogP contribution is -2.04. The summed E-state index contributed by atoms with van der Waals surface area (Å²) in [6.07, 6.45) is 1.54. The zero-order chi connectivity index (χ0) is 20.7. The van der Waals surface area contributed by atoms with Gasteiger partial charge in [-0.05, 0) is 30.7 Å². The van der Waals surface area contributed by atoms with E-state index < -0.39 is 11.2 Å². The fourth-order valence-corrected chi connectivity index (χ4v) is 3.66. The van der Waals surface area contributed by atoms with E-state index in [0.717, 1.165) is 6.07 Å². The first-order valence-electron chi connectivity index (χ1n) is 8.75. The number of nitrogens with zero attached hydrogens (tertiary/aromatic N) is 1. The third-order valence-electron chi connectivity index (χ3n) is 4.75. The van der Waals surface area contributed by atoms with E-state index in [1.165, 1.54) is 12.3 Å². The minimum atomic E-state index is -0.494. The predicted octanol–water partition coefficient (Wildman–Crippen LogP) is 4.39. The third kappa shape index (κ3) is 3.12. The predicted molar refractivity (Wildman–Crippen MR) is 110 cm³/mol. The van der Waals surface area contributed by atoms with Gasteiger partial charge in [0.15, 0.2) is 11.0 Å². The van der Waals surface area contributed by atoms with E-state index in [-0.39, 0.29) is 34.6 Å². The van der Waals surface area contributed by atoms with Gasteiger partial charge in [0, 0.05) is 35.2 Å². The summed E-state index contributed by atoms with van der Waals surface area (Å²) in [5, 5.41) is 31.0. The van der Waals surface area contributed by atoms with Crippen molar-refractivity contribution in [3.63, 3.8) is 0 Å². The molecule has 6 nitrogen and oxygen atoms in total. The van der Waals surface area contributed by atoms with E-state index in [4.69, 9.17) is 16.0 Å². The summed E-state index contributed by atoms with van der Waals surface area (Å²) in [6.45, 7) is 1.40. The first kappa shape index (κ1) is 19.0. The summed E-state index contributed by atoms with van der Waals surface area (Å²) in [7, 11) is 0. The van der Waals surface area contributed by atoms with Crippen LogP contribution >= 0.6 is 11.6 Å². The Labute approximate surface area is 170 Å². The number of phenolic OH excluding ortho intramolecular Hbond substituents is 2. The van der Waals surface area contributed by atoms with Crippen LogP contribution in [0.3, 0.4) is 0 Å². The molecule has 0 aliphatic rings. The first-order valence-corrected chi connectivity index (χ1v) is 9.13. The number of halogens is 1. The fourth-order valence-electron chi connectivity index (χ4n) is 3.43. The average Bonchev–Trinajstić information content (AvgIpc) is 2.68. The van der Waals surface area contributed by atoms with Gasteiger partial charge in [-0.2, -0.15) is 0 Å². The van der Waals surface area contributed by atoms with Crippen LogP contribution in [0.2, 0.25) is 5.02 Å². The zero-order valence-corrected chi connectivity index (χ0v) is 16.1. The topological polar surface area (TPSA) is 104 Å². The second kappa shape index (κ2) is 7.24. The van der Waals surface area contributed by atoms with Gasteiger partial charge in [0.05, 0.1) is 17.2 Å². The number of aromatic nitrogens is 1. The van der Waals surface area contributed by atoms with Crippen molar-refractivity contribution >= 4 is 22.6 Å².